The van der Waals surface area contributed by atoms with Crippen LogP contribution in [0.2, 0.25) is 0 Å². The Morgan fingerprint density at radius 1 is 1.19 bits per heavy atom. The van der Waals surface area contributed by atoms with E-state index in [4.69, 9.17) is 0 Å². The highest BCUT2D eigenvalue weighted by Gasteiger charge is 2.39. The van der Waals surface area contributed by atoms with Gasteiger partial charge in [0.2, 0.25) is 15.9 Å². The predicted octanol–water partition coefficient (Wildman–Crippen LogP) is 2.90. The lowest BCUT2D eigenvalue weighted by molar-refractivity contribution is -0.124. The van der Waals surface area contributed by atoms with Crippen LogP contribution in [0.15, 0.2) is 59.5 Å². The van der Waals surface area contributed by atoms with E-state index in [1.165, 1.54) is 16.4 Å². The molecule has 1 aliphatic rings. The topological polar surface area (TPSA) is 66.5 Å². The summed E-state index contributed by atoms with van der Waals surface area (Å²) in [7, 11) is -3.83. The molecule has 1 heterocycles. The van der Waals surface area contributed by atoms with E-state index in [1.807, 2.05) is 37.3 Å². The number of halogens is 1. The quantitative estimate of drug-likeness (QED) is 0.825. The average Bonchev–Trinajstić information content (AvgIpc) is 3.18. The number of rotatable bonds is 6. The molecular weight excluding hydrogens is 367 g/mol. The number of nitrogens with zero attached hydrogens (tertiary/aromatic N) is 1. The molecule has 1 N–H and O–H groups in total. The minimum absolute atomic E-state index is 0.00116. The number of nitrogens with one attached hydrogen (secondary N) is 1. The lowest BCUT2D eigenvalue weighted by Crippen LogP contribution is -2.46. The zero-order chi connectivity index (χ0) is 19.4. The van der Waals surface area contributed by atoms with Crippen LogP contribution in [-0.2, 0) is 14.8 Å². The van der Waals surface area contributed by atoms with Crippen molar-refractivity contribution >= 4 is 15.9 Å². The summed E-state index contributed by atoms with van der Waals surface area (Å²) in [6, 6.07) is 13.8. The Hall–Kier alpha value is -2.25. The maximum Gasteiger partial charge on any atom is 0.243 e. The highest BCUT2D eigenvalue weighted by Crippen LogP contribution is 2.26. The highest BCUT2D eigenvalue weighted by molar-refractivity contribution is 7.89. The standard InChI is InChI=1S/C20H23FN2O3S/c1-15(16-6-3-2-4-7-16)14-22-20(24)19-8-5-13-23(19)27(25,26)18-11-9-17(21)10-12-18/h2-4,6-7,9-12,15,19H,5,8,13-14H2,1H3,(H,22,24)/t15-,19+/m0/s1. The second-order valence-corrected chi connectivity index (χ2v) is 8.68. The van der Waals surface area contributed by atoms with Crippen LogP contribution < -0.4 is 5.32 Å². The van der Waals surface area contributed by atoms with Gasteiger partial charge in [-0.25, -0.2) is 12.8 Å². The van der Waals surface area contributed by atoms with Crippen molar-refractivity contribution in [3.05, 3.63) is 66.0 Å². The minimum Gasteiger partial charge on any atom is -0.354 e. The number of hydrogen-bond donors (Lipinski definition) is 1. The first-order valence-corrected chi connectivity index (χ1v) is 10.4. The van der Waals surface area contributed by atoms with Crippen molar-refractivity contribution in [1.82, 2.24) is 9.62 Å². The number of carbonyl (C=O) groups is 1. The third-order valence-electron chi connectivity index (χ3n) is 4.88. The number of carbonyl (C=O) groups excluding carboxylic acids is 1. The molecule has 1 fully saturated rings. The molecule has 1 saturated heterocycles. The third-order valence-corrected chi connectivity index (χ3v) is 6.80. The fraction of sp³-hybridized carbons (Fsp3) is 0.350. The second kappa shape index (κ2) is 8.19. The van der Waals surface area contributed by atoms with Gasteiger partial charge in [-0.05, 0) is 48.6 Å². The summed E-state index contributed by atoms with van der Waals surface area (Å²) >= 11 is 0. The fourth-order valence-electron chi connectivity index (χ4n) is 3.30. The van der Waals surface area contributed by atoms with Gasteiger partial charge < -0.3 is 5.32 Å². The van der Waals surface area contributed by atoms with E-state index >= 15 is 0 Å². The van der Waals surface area contributed by atoms with E-state index in [0.717, 1.165) is 17.7 Å². The molecule has 7 heteroatoms. The summed E-state index contributed by atoms with van der Waals surface area (Å²) in [6.45, 7) is 2.73. The van der Waals surface area contributed by atoms with E-state index in [9.17, 15) is 17.6 Å². The second-order valence-electron chi connectivity index (χ2n) is 6.78. The summed E-state index contributed by atoms with van der Waals surface area (Å²) in [4.78, 5) is 12.6. The van der Waals surface area contributed by atoms with E-state index in [1.54, 1.807) is 0 Å². The molecule has 2 aromatic rings. The van der Waals surface area contributed by atoms with Crippen LogP contribution >= 0.6 is 0 Å². The van der Waals surface area contributed by atoms with Crippen LogP contribution in [0.3, 0.4) is 0 Å². The summed E-state index contributed by atoms with van der Waals surface area (Å²) in [6.07, 6.45) is 1.10. The molecule has 0 radical (unpaired) electrons. The van der Waals surface area contributed by atoms with Gasteiger partial charge in [0.25, 0.3) is 0 Å². The van der Waals surface area contributed by atoms with Crippen LogP contribution in [0.25, 0.3) is 0 Å². The minimum atomic E-state index is -3.83. The molecule has 0 bridgehead atoms. The van der Waals surface area contributed by atoms with Crippen molar-refractivity contribution < 1.29 is 17.6 Å². The van der Waals surface area contributed by atoms with Gasteiger partial charge in [-0.2, -0.15) is 4.31 Å². The lowest BCUT2D eigenvalue weighted by atomic mass is 10.0. The van der Waals surface area contributed by atoms with Gasteiger partial charge in [0.15, 0.2) is 0 Å². The first kappa shape index (κ1) is 19.5. The van der Waals surface area contributed by atoms with Crippen LogP contribution in [-0.4, -0.2) is 37.8 Å². The average molecular weight is 390 g/mol. The predicted molar refractivity (Wildman–Crippen MR) is 101 cm³/mol. The Bertz CT molecular complexity index is 885. The molecule has 27 heavy (non-hydrogen) atoms. The van der Waals surface area contributed by atoms with E-state index in [-0.39, 0.29) is 23.3 Å². The zero-order valence-electron chi connectivity index (χ0n) is 15.1. The molecule has 3 rings (SSSR count). The Morgan fingerprint density at radius 3 is 2.52 bits per heavy atom. The largest absolute Gasteiger partial charge is 0.354 e. The molecule has 2 aromatic carbocycles. The molecule has 0 aliphatic carbocycles. The highest BCUT2D eigenvalue weighted by atomic mass is 32.2. The van der Waals surface area contributed by atoms with E-state index < -0.39 is 21.9 Å². The maximum atomic E-state index is 13.1. The van der Waals surface area contributed by atoms with E-state index in [0.29, 0.717) is 19.4 Å². The smallest absolute Gasteiger partial charge is 0.243 e. The summed E-state index contributed by atoms with van der Waals surface area (Å²) in [5.74, 6) is -0.667. The number of amides is 1. The maximum absolute atomic E-state index is 13.1. The Morgan fingerprint density at radius 2 is 1.85 bits per heavy atom. The molecule has 1 amide bonds. The van der Waals surface area contributed by atoms with Gasteiger partial charge in [-0.15, -0.1) is 0 Å². The van der Waals surface area contributed by atoms with Crippen LogP contribution in [0.4, 0.5) is 4.39 Å². The fourth-order valence-corrected chi connectivity index (χ4v) is 4.96. The molecular formula is C20H23FN2O3S. The molecule has 0 unspecified atom stereocenters. The molecule has 0 spiro atoms. The van der Waals surface area contributed by atoms with Gasteiger partial charge >= 0.3 is 0 Å². The molecule has 144 valence electrons. The molecule has 1 aliphatic heterocycles. The van der Waals surface area contributed by atoms with Gasteiger partial charge in [0, 0.05) is 13.1 Å². The van der Waals surface area contributed by atoms with Gasteiger partial charge in [-0.1, -0.05) is 37.3 Å². The number of hydrogen-bond acceptors (Lipinski definition) is 3. The van der Waals surface area contributed by atoms with Gasteiger partial charge in [0.05, 0.1) is 4.90 Å². The van der Waals surface area contributed by atoms with E-state index in [2.05, 4.69) is 5.32 Å². The number of sulfonamides is 1. The van der Waals surface area contributed by atoms with Gasteiger partial charge in [0.1, 0.15) is 11.9 Å². The summed E-state index contributed by atoms with van der Waals surface area (Å²) in [5, 5.41) is 2.88. The molecule has 2 atom stereocenters. The first-order valence-electron chi connectivity index (χ1n) is 8.99. The normalized spacial score (nSPS) is 19.0. The lowest BCUT2D eigenvalue weighted by Gasteiger charge is -2.24. The van der Waals surface area contributed by atoms with Crippen LogP contribution in [0.5, 0.6) is 0 Å². The van der Waals surface area contributed by atoms with Crippen molar-refractivity contribution in [2.45, 2.75) is 36.6 Å². The first-order chi connectivity index (χ1) is 12.9. The Labute approximate surface area is 159 Å². The molecule has 0 aromatic heterocycles. The van der Waals surface area contributed by atoms with Crippen LogP contribution in [0.1, 0.15) is 31.2 Å². The zero-order valence-corrected chi connectivity index (χ0v) is 16.0. The summed E-state index contributed by atoms with van der Waals surface area (Å²) in [5.41, 5.74) is 1.11. The monoisotopic (exact) mass is 390 g/mol. The van der Waals surface area contributed by atoms with Crippen molar-refractivity contribution in [2.75, 3.05) is 13.1 Å². The Balaban J connectivity index is 1.68. The third kappa shape index (κ3) is 4.36. The van der Waals surface area contributed by atoms with Crippen molar-refractivity contribution in [2.24, 2.45) is 0 Å². The van der Waals surface area contributed by atoms with Crippen molar-refractivity contribution in [3.8, 4) is 0 Å². The SMILES string of the molecule is C[C@@H](CNC(=O)[C@H]1CCCN1S(=O)(=O)c1ccc(F)cc1)c1ccccc1. The number of benzene rings is 2. The molecule has 5 nitrogen and oxygen atoms in total. The summed E-state index contributed by atoms with van der Waals surface area (Å²) < 4.78 is 40.0. The van der Waals surface area contributed by atoms with Gasteiger partial charge in [-0.3, -0.25) is 4.79 Å². The van der Waals surface area contributed by atoms with Crippen LogP contribution in [0, 0.1) is 5.82 Å². The molecule has 0 saturated carbocycles. The Kier molecular flexibility index (Phi) is 5.92. The van der Waals surface area contributed by atoms with Crippen molar-refractivity contribution in [3.63, 3.8) is 0 Å². The van der Waals surface area contributed by atoms with Crippen molar-refractivity contribution in [1.29, 1.82) is 0 Å².